The number of aromatic nitrogens is 2. The molecule has 2 aliphatic rings. The van der Waals surface area contributed by atoms with Crippen molar-refractivity contribution in [3.8, 4) is 0 Å². The van der Waals surface area contributed by atoms with E-state index in [4.69, 9.17) is 0 Å². The van der Waals surface area contributed by atoms with E-state index in [1.54, 1.807) is 10.9 Å². The molecule has 2 aliphatic carbocycles. The lowest BCUT2D eigenvalue weighted by Crippen LogP contribution is -2.38. The molecule has 2 fully saturated rings. The van der Waals surface area contributed by atoms with Gasteiger partial charge in [0.2, 0.25) is 5.91 Å². The SMILES string of the molecule is CCn1cc(NC(=O)[C@@H]2[C@@H]3CC[C@@H](C3)[C@@H]2C(=O)O)c(C(=O)NC)n1. The number of nitrogens with zero attached hydrogens (tertiary/aromatic N) is 2. The second-order valence-electron chi connectivity index (χ2n) is 6.54. The van der Waals surface area contributed by atoms with Crippen molar-refractivity contribution in [2.75, 3.05) is 12.4 Å². The summed E-state index contributed by atoms with van der Waals surface area (Å²) in [5.74, 6) is -2.59. The highest BCUT2D eigenvalue weighted by atomic mass is 16.4. The number of hydrogen-bond acceptors (Lipinski definition) is 4. The Kier molecular flexibility index (Phi) is 4.29. The van der Waals surface area contributed by atoms with Crippen molar-refractivity contribution in [1.29, 1.82) is 0 Å². The number of aryl methyl sites for hydroxylation is 1. The molecule has 0 unspecified atom stereocenters. The van der Waals surface area contributed by atoms with Crippen molar-refractivity contribution in [2.45, 2.75) is 32.7 Å². The maximum Gasteiger partial charge on any atom is 0.307 e. The highest BCUT2D eigenvalue weighted by Crippen LogP contribution is 2.52. The average molecular weight is 334 g/mol. The molecule has 1 heterocycles. The number of anilines is 1. The standard InChI is InChI=1S/C16H22N4O4/c1-3-20-7-10(13(19-20)15(22)17-2)18-14(21)11-8-4-5-9(6-8)12(11)16(23)24/h7-9,11-12H,3-6H2,1-2H3,(H,17,22)(H,18,21)(H,23,24)/t8-,9+,11-,12+/m1/s1. The Balaban J connectivity index is 1.83. The van der Waals surface area contributed by atoms with E-state index in [2.05, 4.69) is 15.7 Å². The minimum Gasteiger partial charge on any atom is -0.481 e. The quantitative estimate of drug-likeness (QED) is 0.742. The van der Waals surface area contributed by atoms with E-state index in [-0.39, 0.29) is 29.3 Å². The van der Waals surface area contributed by atoms with Gasteiger partial charge in [0, 0.05) is 19.8 Å². The molecule has 8 heteroatoms. The van der Waals surface area contributed by atoms with E-state index >= 15 is 0 Å². The summed E-state index contributed by atoms with van der Waals surface area (Å²) in [4.78, 5) is 36.2. The molecule has 130 valence electrons. The van der Waals surface area contributed by atoms with Gasteiger partial charge in [0.15, 0.2) is 5.69 Å². The van der Waals surface area contributed by atoms with Gasteiger partial charge in [-0.2, -0.15) is 5.10 Å². The Labute approximate surface area is 139 Å². The molecule has 2 amide bonds. The fourth-order valence-electron chi connectivity index (χ4n) is 4.20. The third kappa shape index (κ3) is 2.65. The summed E-state index contributed by atoms with van der Waals surface area (Å²) < 4.78 is 1.57. The first-order valence-electron chi connectivity index (χ1n) is 8.29. The summed E-state index contributed by atoms with van der Waals surface area (Å²) >= 11 is 0. The van der Waals surface area contributed by atoms with Gasteiger partial charge in [0.25, 0.3) is 5.91 Å². The van der Waals surface area contributed by atoms with Crippen LogP contribution in [0.5, 0.6) is 0 Å². The summed E-state index contributed by atoms with van der Waals surface area (Å²) in [7, 11) is 1.50. The molecule has 2 bridgehead atoms. The lowest BCUT2D eigenvalue weighted by molar-refractivity contribution is -0.148. The van der Waals surface area contributed by atoms with Crippen LogP contribution in [0.25, 0.3) is 0 Å². The molecule has 8 nitrogen and oxygen atoms in total. The van der Waals surface area contributed by atoms with Crippen LogP contribution >= 0.6 is 0 Å². The van der Waals surface area contributed by atoms with E-state index in [0.29, 0.717) is 12.2 Å². The Hall–Kier alpha value is -2.38. The lowest BCUT2D eigenvalue weighted by Gasteiger charge is -2.26. The molecule has 4 atom stereocenters. The van der Waals surface area contributed by atoms with Crippen molar-refractivity contribution in [3.05, 3.63) is 11.9 Å². The molecule has 0 radical (unpaired) electrons. The van der Waals surface area contributed by atoms with Gasteiger partial charge < -0.3 is 15.7 Å². The van der Waals surface area contributed by atoms with E-state index in [9.17, 15) is 19.5 Å². The third-order valence-electron chi connectivity index (χ3n) is 5.29. The fraction of sp³-hybridized carbons (Fsp3) is 0.625. The number of carbonyl (C=O) groups excluding carboxylic acids is 2. The number of hydrogen-bond donors (Lipinski definition) is 3. The first kappa shape index (κ1) is 16.5. The van der Waals surface area contributed by atoms with Gasteiger partial charge in [-0.15, -0.1) is 0 Å². The second kappa shape index (κ2) is 6.26. The number of fused-ring (bicyclic) bond motifs is 2. The van der Waals surface area contributed by atoms with Gasteiger partial charge in [0.05, 0.1) is 17.5 Å². The minimum absolute atomic E-state index is 0.0834. The average Bonchev–Trinajstić information content (AvgIpc) is 3.27. The highest BCUT2D eigenvalue weighted by Gasteiger charge is 2.54. The highest BCUT2D eigenvalue weighted by molar-refractivity contribution is 6.03. The second-order valence-corrected chi connectivity index (χ2v) is 6.54. The zero-order chi connectivity index (χ0) is 17.4. The molecule has 1 aromatic rings. The zero-order valence-electron chi connectivity index (χ0n) is 13.8. The van der Waals surface area contributed by atoms with Gasteiger partial charge in [-0.3, -0.25) is 19.1 Å². The normalized spacial score (nSPS) is 27.9. The molecule has 0 aliphatic heterocycles. The van der Waals surface area contributed by atoms with Crippen LogP contribution in [-0.4, -0.2) is 39.7 Å². The molecular weight excluding hydrogens is 312 g/mol. The van der Waals surface area contributed by atoms with E-state index < -0.39 is 17.8 Å². The molecular formula is C16H22N4O4. The van der Waals surface area contributed by atoms with Crippen molar-refractivity contribution in [3.63, 3.8) is 0 Å². The largest absolute Gasteiger partial charge is 0.481 e. The monoisotopic (exact) mass is 334 g/mol. The van der Waals surface area contributed by atoms with Crippen molar-refractivity contribution in [1.82, 2.24) is 15.1 Å². The van der Waals surface area contributed by atoms with Crippen LogP contribution in [0, 0.1) is 23.7 Å². The van der Waals surface area contributed by atoms with Crippen LogP contribution in [0.3, 0.4) is 0 Å². The maximum atomic E-state index is 12.7. The molecule has 24 heavy (non-hydrogen) atoms. The topological polar surface area (TPSA) is 113 Å². The molecule has 3 N–H and O–H groups in total. The van der Waals surface area contributed by atoms with Crippen molar-refractivity contribution >= 4 is 23.5 Å². The maximum absolute atomic E-state index is 12.7. The van der Waals surface area contributed by atoms with Gasteiger partial charge in [-0.25, -0.2) is 0 Å². The Morgan fingerprint density at radius 3 is 2.54 bits per heavy atom. The van der Waals surface area contributed by atoms with Crippen LogP contribution in [0.1, 0.15) is 36.7 Å². The smallest absolute Gasteiger partial charge is 0.307 e. The Morgan fingerprint density at radius 1 is 1.29 bits per heavy atom. The fourth-order valence-corrected chi connectivity index (χ4v) is 4.20. The molecule has 0 spiro atoms. The van der Waals surface area contributed by atoms with E-state index in [1.807, 2.05) is 6.92 Å². The summed E-state index contributed by atoms with van der Waals surface area (Å²) in [5, 5.41) is 18.9. The summed E-state index contributed by atoms with van der Waals surface area (Å²) in [6, 6.07) is 0. The van der Waals surface area contributed by atoms with Gasteiger partial charge >= 0.3 is 5.97 Å². The van der Waals surface area contributed by atoms with Crippen molar-refractivity contribution < 1.29 is 19.5 Å². The van der Waals surface area contributed by atoms with Crippen LogP contribution in [0.4, 0.5) is 5.69 Å². The van der Waals surface area contributed by atoms with E-state index in [0.717, 1.165) is 19.3 Å². The lowest BCUT2D eigenvalue weighted by atomic mass is 9.78. The summed E-state index contributed by atoms with van der Waals surface area (Å²) in [5.41, 5.74) is 0.468. The summed E-state index contributed by atoms with van der Waals surface area (Å²) in [6.45, 7) is 2.44. The number of rotatable bonds is 5. The van der Waals surface area contributed by atoms with Crippen LogP contribution in [0.2, 0.25) is 0 Å². The molecule has 0 saturated heterocycles. The molecule has 0 aromatic carbocycles. The Morgan fingerprint density at radius 2 is 1.96 bits per heavy atom. The number of carboxylic acids is 1. The van der Waals surface area contributed by atoms with Gasteiger partial charge in [-0.1, -0.05) is 0 Å². The zero-order valence-corrected chi connectivity index (χ0v) is 13.8. The predicted octanol–water partition coefficient (Wildman–Crippen LogP) is 0.948. The molecule has 2 saturated carbocycles. The summed E-state index contributed by atoms with van der Waals surface area (Å²) in [6.07, 6.45) is 4.17. The van der Waals surface area contributed by atoms with Gasteiger partial charge in [-0.05, 0) is 38.0 Å². The predicted molar refractivity (Wildman–Crippen MR) is 85.4 cm³/mol. The molecule has 3 rings (SSSR count). The number of carbonyl (C=O) groups is 3. The first-order valence-corrected chi connectivity index (χ1v) is 8.29. The molecule has 1 aromatic heterocycles. The number of nitrogens with one attached hydrogen (secondary N) is 2. The van der Waals surface area contributed by atoms with Crippen molar-refractivity contribution in [2.24, 2.45) is 23.7 Å². The van der Waals surface area contributed by atoms with E-state index in [1.165, 1.54) is 7.05 Å². The first-order chi connectivity index (χ1) is 11.5. The third-order valence-corrected chi connectivity index (χ3v) is 5.29. The van der Waals surface area contributed by atoms with Crippen LogP contribution in [0.15, 0.2) is 6.20 Å². The minimum atomic E-state index is -0.905. The Bertz CT molecular complexity index is 684. The van der Waals surface area contributed by atoms with Crippen LogP contribution < -0.4 is 10.6 Å². The number of carboxylic acid groups (broad SMARTS) is 1. The number of aliphatic carboxylic acids is 1. The number of amides is 2. The van der Waals surface area contributed by atoms with Crippen LogP contribution in [-0.2, 0) is 16.1 Å². The van der Waals surface area contributed by atoms with Gasteiger partial charge in [0.1, 0.15) is 0 Å².